The van der Waals surface area contributed by atoms with Crippen molar-refractivity contribution in [1.82, 2.24) is 15.2 Å². The Morgan fingerprint density at radius 3 is 2.80 bits per heavy atom. The average Bonchev–Trinajstić information content (AvgIpc) is 3.30. The molecule has 3 rings (SSSR count). The van der Waals surface area contributed by atoms with Crippen LogP contribution in [0.5, 0.6) is 0 Å². The molecular weight excluding hydrogens is 443 g/mol. The molecule has 0 unspecified atom stereocenters. The molecule has 0 amide bonds. The molecule has 1 saturated carbocycles. The lowest BCUT2D eigenvalue weighted by atomic mass is 9.86. The van der Waals surface area contributed by atoms with Crippen molar-refractivity contribution in [1.29, 1.82) is 0 Å². The van der Waals surface area contributed by atoms with Crippen LogP contribution in [-0.2, 0) is 6.42 Å². The number of nitrogens with one attached hydrogen (secondary N) is 1. The van der Waals surface area contributed by atoms with Gasteiger partial charge in [-0.2, -0.15) is 0 Å². The zero-order valence-electron chi connectivity index (χ0n) is 15.7. The van der Waals surface area contributed by atoms with Crippen LogP contribution in [0.4, 0.5) is 0 Å². The number of aromatic nitrogens is 1. The number of hydrogen-bond donors (Lipinski definition) is 1. The second-order valence-electron chi connectivity index (χ2n) is 7.45. The van der Waals surface area contributed by atoms with Gasteiger partial charge in [-0.15, -0.1) is 35.3 Å². The van der Waals surface area contributed by atoms with Crippen LogP contribution in [-0.4, -0.2) is 42.0 Å². The molecule has 6 heteroatoms. The molecular formula is C19H33IN4S. The van der Waals surface area contributed by atoms with Gasteiger partial charge in [0.25, 0.3) is 0 Å². The van der Waals surface area contributed by atoms with Crippen LogP contribution in [0, 0.1) is 12.3 Å². The van der Waals surface area contributed by atoms with Crippen LogP contribution < -0.4 is 5.32 Å². The van der Waals surface area contributed by atoms with Crippen molar-refractivity contribution >= 4 is 41.3 Å². The van der Waals surface area contributed by atoms with Gasteiger partial charge in [0.15, 0.2) is 5.96 Å². The van der Waals surface area contributed by atoms with Crippen LogP contribution in [0.3, 0.4) is 0 Å². The van der Waals surface area contributed by atoms with Crippen LogP contribution in [0.2, 0.25) is 0 Å². The Hall–Kier alpha value is -0.370. The van der Waals surface area contributed by atoms with Crippen LogP contribution >= 0.6 is 35.3 Å². The topological polar surface area (TPSA) is 40.5 Å². The van der Waals surface area contributed by atoms with Gasteiger partial charge in [-0.1, -0.05) is 12.8 Å². The van der Waals surface area contributed by atoms with Crippen molar-refractivity contribution < 1.29 is 0 Å². The molecule has 2 aliphatic rings. The van der Waals surface area contributed by atoms with E-state index in [0.29, 0.717) is 5.41 Å². The molecule has 1 saturated heterocycles. The number of aliphatic imine (C=N–C) groups is 1. The lowest BCUT2D eigenvalue weighted by Gasteiger charge is -2.26. The summed E-state index contributed by atoms with van der Waals surface area (Å²) < 4.78 is 0. The van der Waals surface area contributed by atoms with Crippen LogP contribution in [0.15, 0.2) is 10.4 Å². The Labute approximate surface area is 173 Å². The van der Waals surface area contributed by atoms with Gasteiger partial charge in [0, 0.05) is 37.3 Å². The van der Waals surface area contributed by atoms with E-state index in [1.807, 2.05) is 0 Å². The summed E-state index contributed by atoms with van der Waals surface area (Å²) in [6.45, 7) is 8.53. The van der Waals surface area contributed by atoms with Gasteiger partial charge in [0.1, 0.15) is 0 Å². The summed E-state index contributed by atoms with van der Waals surface area (Å²) in [5, 5.41) is 6.92. The number of nitrogens with zero attached hydrogens (tertiary/aromatic N) is 3. The van der Waals surface area contributed by atoms with Gasteiger partial charge >= 0.3 is 0 Å². The molecule has 1 N–H and O–H groups in total. The predicted octanol–water partition coefficient (Wildman–Crippen LogP) is 4.62. The zero-order valence-corrected chi connectivity index (χ0v) is 18.9. The Bertz CT molecular complexity index is 551. The van der Waals surface area contributed by atoms with E-state index in [1.54, 1.807) is 11.3 Å². The lowest BCUT2D eigenvalue weighted by molar-refractivity contribution is 0.309. The first-order valence-electron chi connectivity index (χ1n) is 9.65. The van der Waals surface area contributed by atoms with Crippen molar-refractivity contribution in [2.45, 2.75) is 65.2 Å². The summed E-state index contributed by atoms with van der Waals surface area (Å²) in [6.07, 6.45) is 10.5. The smallest absolute Gasteiger partial charge is 0.193 e. The van der Waals surface area contributed by atoms with Gasteiger partial charge in [-0.25, -0.2) is 4.98 Å². The predicted molar refractivity (Wildman–Crippen MR) is 118 cm³/mol. The molecule has 142 valence electrons. The van der Waals surface area contributed by atoms with Gasteiger partial charge in [0.05, 0.1) is 5.01 Å². The molecule has 1 spiro atoms. The molecule has 1 aromatic heterocycles. The second kappa shape index (κ2) is 10.1. The summed E-state index contributed by atoms with van der Waals surface area (Å²) in [5.41, 5.74) is 1.76. The maximum Gasteiger partial charge on any atom is 0.193 e. The maximum atomic E-state index is 4.90. The highest BCUT2D eigenvalue weighted by Gasteiger charge is 2.40. The van der Waals surface area contributed by atoms with Gasteiger partial charge in [-0.3, -0.25) is 4.99 Å². The minimum atomic E-state index is 0. The minimum absolute atomic E-state index is 0. The molecule has 1 aromatic rings. The van der Waals surface area contributed by atoms with E-state index in [4.69, 9.17) is 4.99 Å². The number of unbranched alkanes of at least 4 members (excludes halogenated alkanes) is 1. The number of guanidine groups is 1. The van der Waals surface area contributed by atoms with Crippen molar-refractivity contribution in [2.24, 2.45) is 10.4 Å². The summed E-state index contributed by atoms with van der Waals surface area (Å²) in [7, 11) is 0. The van der Waals surface area contributed by atoms with E-state index >= 15 is 0 Å². The van der Waals surface area contributed by atoms with E-state index in [0.717, 1.165) is 37.6 Å². The molecule has 2 heterocycles. The van der Waals surface area contributed by atoms with Crippen LogP contribution in [0.1, 0.15) is 62.6 Å². The first kappa shape index (κ1) is 20.9. The number of rotatable bonds is 6. The fourth-order valence-electron chi connectivity index (χ4n) is 4.17. The molecule has 25 heavy (non-hydrogen) atoms. The van der Waals surface area contributed by atoms with Gasteiger partial charge in [0.2, 0.25) is 0 Å². The number of halogens is 1. The lowest BCUT2D eigenvalue weighted by Crippen LogP contribution is -2.41. The quantitative estimate of drug-likeness (QED) is 0.282. The van der Waals surface area contributed by atoms with Gasteiger partial charge < -0.3 is 10.2 Å². The fraction of sp³-hybridized carbons (Fsp3) is 0.789. The third kappa shape index (κ3) is 5.81. The summed E-state index contributed by atoms with van der Waals surface area (Å²) in [5.74, 6) is 1.14. The highest BCUT2D eigenvalue weighted by atomic mass is 127. The first-order chi connectivity index (χ1) is 11.7. The Morgan fingerprint density at radius 2 is 2.12 bits per heavy atom. The van der Waals surface area contributed by atoms with Crippen LogP contribution in [0.25, 0.3) is 0 Å². The standard InChI is InChI=1S/C19H32N4S.HI/c1-3-20-18(23-13-11-19(15-23)9-5-6-10-19)21-12-7-4-8-17-22-16(2)14-24-17;/h14H,3-13,15H2,1-2H3,(H,20,21);1H. The van der Waals surface area contributed by atoms with E-state index in [-0.39, 0.29) is 24.0 Å². The SMILES string of the molecule is CCNC(=NCCCCc1nc(C)cs1)N1CCC2(CCCC2)C1.I. The largest absolute Gasteiger partial charge is 0.357 e. The van der Waals surface area contributed by atoms with E-state index < -0.39 is 0 Å². The third-order valence-electron chi connectivity index (χ3n) is 5.46. The minimum Gasteiger partial charge on any atom is -0.357 e. The summed E-state index contributed by atoms with van der Waals surface area (Å²) in [6, 6.07) is 0. The highest BCUT2D eigenvalue weighted by molar-refractivity contribution is 14.0. The summed E-state index contributed by atoms with van der Waals surface area (Å²) in [4.78, 5) is 12.0. The number of likely N-dealkylation sites (tertiary alicyclic amines) is 1. The number of hydrogen-bond acceptors (Lipinski definition) is 3. The highest BCUT2D eigenvalue weighted by Crippen LogP contribution is 2.45. The Kier molecular flexibility index (Phi) is 8.45. The van der Waals surface area contributed by atoms with Gasteiger partial charge in [-0.05, 0) is 57.8 Å². The molecule has 0 bridgehead atoms. The number of thiazole rings is 1. The molecule has 1 aliphatic heterocycles. The van der Waals surface area contributed by atoms with Crippen molar-refractivity contribution in [2.75, 3.05) is 26.2 Å². The van der Waals surface area contributed by atoms with E-state index in [1.165, 1.54) is 56.6 Å². The van der Waals surface area contributed by atoms with E-state index in [9.17, 15) is 0 Å². The Morgan fingerprint density at radius 1 is 1.32 bits per heavy atom. The van der Waals surface area contributed by atoms with Crippen molar-refractivity contribution in [3.63, 3.8) is 0 Å². The molecule has 4 nitrogen and oxygen atoms in total. The van der Waals surface area contributed by atoms with Crippen molar-refractivity contribution in [3.8, 4) is 0 Å². The third-order valence-corrected chi connectivity index (χ3v) is 6.49. The Balaban J connectivity index is 0.00000225. The second-order valence-corrected chi connectivity index (χ2v) is 8.40. The summed E-state index contributed by atoms with van der Waals surface area (Å²) >= 11 is 1.79. The first-order valence-corrected chi connectivity index (χ1v) is 10.5. The fourth-order valence-corrected chi connectivity index (χ4v) is 4.98. The number of aryl methyl sites for hydroxylation is 2. The average molecular weight is 476 g/mol. The van der Waals surface area contributed by atoms with Crippen molar-refractivity contribution in [3.05, 3.63) is 16.1 Å². The normalized spacial score (nSPS) is 19.4. The molecule has 0 aromatic carbocycles. The zero-order chi connectivity index (χ0) is 16.8. The van der Waals surface area contributed by atoms with E-state index in [2.05, 4.69) is 34.4 Å². The maximum absolute atomic E-state index is 4.90. The molecule has 0 radical (unpaired) electrons. The monoisotopic (exact) mass is 476 g/mol. The molecule has 1 aliphatic carbocycles. The molecule has 2 fully saturated rings. The molecule has 0 atom stereocenters.